The first-order valence-corrected chi connectivity index (χ1v) is 5.71. The second-order valence-corrected chi connectivity index (χ2v) is 3.79. The SMILES string of the molecule is [CH2]Cc1cc(C(=O)OC)c(C(=O)OC)c(C(=O)OC)c1. The average molecular weight is 279 g/mol. The van der Waals surface area contributed by atoms with Crippen LogP contribution in [0.5, 0.6) is 0 Å². The molecule has 6 nitrogen and oxygen atoms in total. The van der Waals surface area contributed by atoms with Crippen LogP contribution in [0.15, 0.2) is 12.1 Å². The molecule has 0 heterocycles. The summed E-state index contributed by atoms with van der Waals surface area (Å²) in [4.78, 5) is 35.4. The van der Waals surface area contributed by atoms with Crippen molar-refractivity contribution in [2.75, 3.05) is 21.3 Å². The number of hydrogen-bond donors (Lipinski definition) is 0. The van der Waals surface area contributed by atoms with E-state index in [-0.39, 0.29) is 16.7 Å². The highest BCUT2D eigenvalue weighted by Crippen LogP contribution is 2.21. The Bertz CT molecular complexity index is 510. The number of rotatable bonds is 4. The molecule has 0 saturated carbocycles. The van der Waals surface area contributed by atoms with Gasteiger partial charge in [-0.3, -0.25) is 0 Å². The van der Waals surface area contributed by atoms with Gasteiger partial charge in [0.25, 0.3) is 0 Å². The normalized spacial score (nSPS) is 9.80. The minimum atomic E-state index is -0.818. The zero-order valence-corrected chi connectivity index (χ0v) is 11.5. The number of esters is 3. The third kappa shape index (κ3) is 2.96. The van der Waals surface area contributed by atoms with E-state index in [1.165, 1.54) is 26.4 Å². The van der Waals surface area contributed by atoms with E-state index in [1.807, 2.05) is 0 Å². The largest absolute Gasteiger partial charge is 0.465 e. The third-order valence-electron chi connectivity index (χ3n) is 2.69. The van der Waals surface area contributed by atoms with Gasteiger partial charge in [0.05, 0.1) is 38.0 Å². The second-order valence-electron chi connectivity index (χ2n) is 3.79. The molecule has 0 N–H and O–H groups in total. The minimum Gasteiger partial charge on any atom is -0.465 e. The van der Waals surface area contributed by atoms with E-state index in [0.717, 1.165) is 7.11 Å². The van der Waals surface area contributed by atoms with Gasteiger partial charge in [-0.1, -0.05) is 0 Å². The van der Waals surface area contributed by atoms with E-state index in [9.17, 15) is 14.4 Å². The summed E-state index contributed by atoms with van der Waals surface area (Å²) in [5.41, 5.74) is 0.309. The Hall–Kier alpha value is -2.37. The fourth-order valence-electron chi connectivity index (χ4n) is 1.71. The molecule has 0 unspecified atom stereocenters. The lowest BCUT2D eigenvalue weighted by molar-refractivity contribution is 0.0535. The zero-order valence-electron chi connectivity index (χ0n) is 11.5. The van der Waals surface area contributed by atoms with Crippen molar-refractivity contribution in [3.63, 3.8) is 0 Å². The highest BCUT2D eigenvalue weighted by molar-refractivity contribution is 6.10. The van der Waals surface area contributed by atoms with E-state index < -0.39 is 17.9 Å². The summed E-state index contributed by atoms with van der Waals surface area (Å²) in [6.07, 6.45) is 0.329. The van der Waals surface area contributed by atoms with Crippen LogP contribution in [-0.2, 0) is 20.6 Å². The Labute approximate surface area is 116 Å². The lowest BCUT2D eigenvalue weighted by atomic mass is 9.96. The summed E-state index contributed by atoms with van der Waals surface area (Å²) in [6, 6.07) is 2.88. The number of benzene rings is 1. The number of carbonyl (C=O) groups is 3. The Kier molecular flexibility index (Phi) is 5.25. The van der Waals surface area contributed by atoms with Crippen LogP contribution in [0.4, 0.5) is 0 Å². The van der Waals surface area contributed by atoms with E-state index >= 15 is 0 Å². The van der Waals surface area contributed by atoms with Crippen LogP contribution in [-0.4, -0.2) is 39.2 Å². The molecule has 0 aromatic heterocycles. The highest BCUT2D eigenvalue weighted by Gasteiger charge is 2.27. The molecule has 1 rings (SSSR count). The smallest absolute Gasteiger partial charge is 0.339 e. The first kappa shape index (κ1) is 15.7. The van der Waals surface area contributed by atoms with Crippen LogP contribution in [0.3, 0.4) is 0 Å². The predicted octanol–water partition coefficient (Wildman–Crippen LogP) is 1.42. The van der Waals surface area contributed by atoms with Crippen LogP contribution in [0, 0.1) is 6.92 Å². The van der Waals surface area contributed by atoms with Crippen LogP contribution in [0.1, 0.15) is 36.6 Å². The van der Waals surface area contributed by atoms with Crippen molar-refractivity contribution >= 4 is 17.9 Å². The van der Waals surface area contributed by atoms with Crippen LogP contribution in [0.2, 0.25) is 0 Å². The third-order valence-corrected chi connectivity index (χ3v) is 2.69. The molecule has 1 aromatic rings. The molecule has 0 fully saturated rings. The van der Waals surface area contributed by atoms with E-state index in [4.69, 9.17) is 0 Å². The van der Waals surface area contributed by atoms with Crippen molar-refractivity contribution in [3.8, 4) is 0 Å². The van der Waals surface area contributed by atoms with Gasteiger partial charge in [-0.2, -0.15) is 0 Å². The summed E-state index contributed by atoms with van der Waals surface area (Å²) in [5.74, 6) is -2.31. The molecule has 20 heavy (non-hydrogen) atoms. The first-order valence-electron chi connectivity index (χ1n) is 5.71. The van der Waals surface area contributed by atoms with Gasteiger partial charge in [-0.15, -0.1) is 0 Å². The Morgan fingerprint density at radius 1 is 0.900 bits per heavy atom. The van der Waals surface area contributed by atoms with E-state index in [2.05, 4.69) is 21.1 Å². The Morgan fingerprint density at radius 2 is 1.30 bits per heavy atom. The predicted molar refractivity (Wildman–Crippen MR) is 69.5 cm³/mol. The van der Waals surface area contributed by atoms with Gasteiger partial charge in [0, 0.05) is 0 Å². The first-order chi connectivity index (χ1) is 9.49. The van der Waals surface area contributed by atoms with Crippen LogP contribution >= 0.6 is 0 Å². The quantitative estimate of drug-likeness (QED) is 0.612. The molecule has 0 spiro atoms. The summed E-state index contributed by atoms with van der Waals surface area (Å²) >= 11 is 0. The molecular formula is C14H15O6. The number of hydrogen-bond acceptors (Lipinski definition) is 6. The molecule has 0 saturated heterocycles. The Morgan fingerprint density at radius 3 is 1.60 bits per heavy atom. The molecule has 1 aromatic carbocycles. The molecule has 0 aliphatic rings. The lowest BCUT2D eigenvalue weighted by Crippen LogP contribution is -2.18. The molecule has 0 amide bonds. The van der Waals surface area contributed by atoms with Gasteiger partial charge in [0.2, 0.25) is 0 Å². The van der Waals surface area contributed by atoms with Crippen molar-refractivity contribution in [3.05, 3.63) is 41.3 Å². The van der Waals surface area contributed by atoms with Crippen LogP contribution in [0.25, 0.3) is 0 Å². The average Bonchev–Trinajstić information content (AvgIpc) is 2.50. The molecule has 1 radical (unpaired) electrons. The van der Waals surface area contributed by atoms with Gasteiger partial charge < -0.3 is 14.2 Å². The van der Waals surface area contributed by atoms with Gasteiger partial charge in [0.1, 0.15) is 0 Å². The molecule has 6 heteroatoms. The fourth-order valence-corrected chi connectivity index (χ4v) is 1.71. The number of methoxy groups -OCH3 is 3. The van der Waals surface area contributed by atoms with Gasteiger partial charge in [-0.05, 0) is 31.0 Å². The summed E-state index contributed by atoms with van der Waals surface area (Å²) in [6.45, 7) is 3.68. The van der Waals surface area contributed by atoms with Crippen molar-refractivity contribution in [1.29, 1.82) is 0 Å². The van der Waals surface area contributed by atoms with Crippen molar-refractivity contribution in [1.82, 2.24) is 0 Å². The maximum atomic E-state index is 11.8. The summed E-state index contributed by atoms with van der Waals surface area (Å²) in [7, 11) is 3.51. The molecule has 0 aliphatic heterocycles. The van der Waals surface area contributed by atoms with Gasteiger partial charge >= 0.3 is 17.9 Å². The van der Waals surface area contributed by atoms with E-state index in [1.54, 1.807) is 0 Å². The van der Waals surface area contributed by atoms with Gasteiger partial charge in [-0.25, -0.2) is 14.4 Å². The van der Waals surface area contributed by atoms with Gasteiger partial charge in [0.15, 0.2) is 0 Å². The Balaban J connectivity index is 3.66. The molecular weight excluding hydrogens is 264 g/mol. The highest BCUT2D eigenvalue weighted by atomic mass is 16.5. The van der Waals surface area contributed by atoms with Crippen molar-refractivity contribution in [2.24, 2.45) is 0 Å². The molecule has 0 bridgehead atoms. The topological polar surface area (TPSA) is 78.9 Å². The maximum Gasteiger partial charge on any atom is 0.339 e. The second kappa shape index (κ2) is 6.70. The summed E-state index contributed by atoms with van der Waals surface area (Å²) in [5, 5.41) is 0. The van der Waals surface area contributed by atoms with Crippen molar-refractivity contribution in [2.45, 2.75) is 6.42 Å². The van der Waals surface area contributed by atoms with Crippen LogP contribution < -0.4 is 0 Å². The zero-order chi connectivity index (χ0) is 15.3. The lowest BCUT2D eigenvalue weighted by Gasteiger charge is -2.12. The minimum absolute atomic E-state index is 0.0547. The standard InChI is InChI=1S/C14H15O6/c1-5-8-6-9(12(15)18-2)11(14(17)20-4)10(7-8)13(16)19-3/h6-7H,1,5H2,2-4H3. The fraction of sp³-hybridized carbons (Fsp3) is 0.286. The number of carbonyl (C=O) groups excluding carboxylic acids is 3. The van der Waals surface area contributed by atoms with Crippen molar-refractivity contribution < 1.29 is 28.6 Å². The summed E-state index contributed by atoms with van der Waals surface area (Å²) < 4.78 is 13.9. The monoisotopic (exact) mass is 279 g/mol. The van der Waals surface area contributed by atoms with E-state index in [0.29, 0.717) is 12.0 Å². The molecule has 107 valence electrons. The molecule has 0 atom stereocenters. The number of ether oxygens (including phenoxy) is 3. The molecule has 0 aliphatic carbocycles. The maximum absolute atomic E-state index is 11.8.